The van der Waals surface area contributed by atoms with E-state index < -0.39 is 10.1 Å². The van der Waals surface area contributed by atoms with Gasteiger partial charge in [-0.05, 0) is 59.7 Å². The predicted molar refractivity (Wildman–Crippen MR) is 163 cm³/mol. The fourth-order valence-corrected chi connectivity index (χ4v) is 6.10. The predicted octanol–water partition coefficient (Wildman–Crippen LogP) is 7.67. The summed E-state index contributed by atoms with van der Waals surface area (Å²) < 4.78 is 34.7. The molecule has 0 fully saturated rings. The Kier molecular flexibility index (Phi) is 21.8. The average molecular weight is 583 g/mol. The fourth-order valence-electron chi connectivity index (χ4n) is 5.60. The quantitative estimate of drug-likeness (QED) is 0.0767. The molecule has 2 aromatic rings. The Morgan fingerprint density at radius 1 is 0.513 bits per heavy atom. The van der Waals surface area contributed by atoms with Crippen molar-refractivity contribution in [1.29, 1.82) is 0 Å². The van der Waals surface area contributed by atoms with Gasteiger partial charge in [-0.3, -0.25) is 0 Å². The van der Waals surface area contributed by atoms with Crippen LogP contribution in [0.4, 0.5) is 0 Å². The van der Waals surface area contributed by atoms with Crippen LogP contribution in [0.25, 0.3) is 10.8 Å². The normalized spacial score (nSPS) is 11.7. The van der Waals surface area contributed by atoms with Crippen molar-refractivity contribution in [1.82, 2.24) is 0 Å². The Labute approximate surface area is 283 Å². The van der Waals surface area contributed by atoms with Gasteiger partial charge in [-0.25, -0.2) is 8.42 Å². The van der Waals surface area contributed by atoms with Gasteiger partial charge >= 0.3 is 51.4 Å². The molecule has 5 heteroatoms. The summed E-state index contributed by atoms with van der Waals surface area (Å²) in [4.78, 5) is -0.127. The van der Waals surface area contributed by atoms with E-state index in [4.69, 9.17) is 0 Å². The van der Waals surface area contributed by atoms with Crippen LogP contribution in [-0.2, 0) is 23.0 Å². The molecule has 0 N–H and O–H groups in total. The Morgan fingerprint density at radius 3 is 1.26 bits per heavy atom. The standard InChI is InChI=1S/C34H56O3S.K/c1-3-5-7-9-11-13-15-17-19-21-23-30-27-32-25-26-34(38(35,36)37)29-33(32)28-31(30)24-22-20-18-16-14-12-10-8-6-4-2;/h25-29H,3-24H2,1-2H3,(H,35,36,37);/q;+1/p-1. The maximum atomic E-state index is 11.6. The van der Waals surface area contributed by atoms with Crippen molar-refractivity contribution in [2.45, 2.75) is 160 Å². The number of fused-ring (bicyclic) bond motifs is 1. The van der Waals surface area contributed by atoms with E-state index in [-0.39, 0.29) is 56.3 Å². The van der Waals surface area contributed by atoms with Crippen LogP contribution in [-0.4, -0.2) is 13.0 Å². The number of unbranched alkanes of at least 4 members (excludes halogenated alkanes) is 18. The molecule has 39 heavy (non-hydrogen) atoms. The summed E-state index contributed by atoms with van der Waals surface area (Å²) in [6.45, 7) is 4.54. The van der Waals surface area contributed by atoms with Crippen molar-refractivity contribution < 1.29 is 64.4 Å². The number of benzene rings is 2. The van der Waals surface area contributed by atoms with E-state index >= 15 is 0 Å². The maximum Gasteiger partial charge on any atom is 1.00 e. The van der Waals surface area contributed by atoms with Crippen molar-refractivity contribution >= 4 is 20.9 Å². The third-order valence-electron chi connectivity index (χ3n) is 8.02. The molecule has 0 radical (unpaired) electrons. The first-order valence-electron chi connectivity index (χ1n) is 16.0. The molecule has 0 saturated heterocycles. The number of hydrogen-bond acceptors (Lipinski definition) is 3. The molecule has 2 aromatic carbocycles. The largest absolute Gasteiger partial charge is 1.00 e. The van der Waals surface area contributed by atoms with Crippen LogP contribution in [0.5, 0.6) is 0 Å². The Morgan fingerprint density at radius 2 is 0.872 bits per heavy atom. The van der Waals surface area contributed by atoms with Gasteiger partial charge in [0.25, 0.3) is 0 Å². The van der Waals surface area contributed by atoms with E-state index in [1.807, 2.05) is 0 Å². The van der Waals surface area contributed by atoms with Crippen LogP contribution >= 0.6 is 0 Å². The van der Waals surface area contributed by atoms with Gasteiger partial charge in [-0.15, -0.1) is 0 Å². The summed E-state index contributed by atoms with van der Waals surface area (Å²) in [5.74, 6) is 0. The van der Waals surface area contributed by atoms with Gasteiger partial charge in [0.1, 0.15) is 10.1 Å². The third-order valence-corrected chi connectivity index (χ3v) is 8.85. The van der Waals surface area contributed by atoms with Gasteiger partial charge in [-0.1, -0.05) is 148 Å². The summed E-state index contributed by atoms with van der Waals surface area (Å²) in [7, 11) is -4.44. The zero-order chi connectivity index (χ0) is 27.5. The molecule has 3 nitrogen and oxygen atoms in total. The van der Waals surface area contributed by atoms with Crippen LogP contribution in [0, 0.1) is 0 Å². The smallest absolute Gasteiger partial charge is 0.744 e. The average Bonchev–Trinajstić information content (AvgIpc) is 2.90. The van der Waals surface area contributed by atoms with Crippen molar-refractivity contribution in [3.05, 3.63) is 41.5 Å². The molecular weight excluding hydrogens is 528 g/mol. The van der Waals surface area contributed by atoms with Gasteiger partial charge < -0.3 is 4.55 Å². The minimum Gasteiger partial charge on any atom is -0.744 e. The SMILES string of the molecule is CCCCCCCCCCCCc1cc2ccc(S(=O)(=O)[O-])cc2cc1CCCCCCCCCCCC.[K+]. The Balaban J connectivity index is 0.00000760. The molecule has 0 aromatic heterocycles. The van der Waals surface area contributed by atoms with E-state index in [9.17, 15) is 13.0 Å². The second-order valence-corrected chi connectivity index (χ2v) is 12.8. The first kappa shape index (κ1) is 37.3. The molecular formula is C34H55KO3S. The molecule has 0 saturated carbocycles. The molecule has 2 rings (SSSR count). The van der Waals surface area contributed by atoms with Crippen LogP contribution < -0.4 is 51.4 Å². The summed E-state index contributed by atoms with van der Waals surface area (Å²) in [6.07, 6.45) is 28.7. The van der Waals surface area contributed by atoms with Crippen LogP contribution in [0.3, 0.4) is 0 Å². The zero-order valence-electron chi connectivity index (χ0n) is 25.6. The van der Waals surface area contributed by atoms with Crippen LogP contribution in [0.15, 0.2) is 35.2 Å². The minimum atomic E-state index is -4.44. The molecule has 0 aliphatic heterocycles. The second kappa shape index (κ2) is 22.8. The van der Waals surface area contributed by atoms with Gasteiger partial charge in [0.15, 0.2) is 0 Å². The fraction of sp³-hybridized carbons (Fsp3) is 0.706. The van der Waals surface area contributed by atoms with Crippen molar-refractivity contribution in [2.75, 3.05) is 0 Å². The summed E-state index contributed by atoms with van der Waals surface area (Å²) in [5.41, 5.74) is 2.75. The van der Waals surface area contributed by atoms with Gasteiger partial charge in [-0.2, -0.15) is 0 Å². The van der Waals surface area contributed by atoms with E-state index in [1.165, 1.54) is 146 Å². The van der Waals surface area contributed by atoms with E-state index in [0.29, 0.717) is 0 Å². The third kappa shape index (κ3) is 16.5. The van der Waals surface area contributed by atoms with Crippen molar-refractivity contribution in [2.24, 2.45) is 0 Å². The van der Waals surface area contributed by atoms with Crippen molar-refractivity contribution in [3.8, 4) is 0 Å². The van der Waals surface area contributed by atoms with Gasteiger partial charge in [0, 0.05) is 0 Å². The minimum absolute atomic E-state index is 0. The zero-order valence-corrected chi connectivity index (χ0v) is 29.5. The molecule has 216 valence electrons. The molecule has 0 amide bonds. The number of aryl methyl sites for hydroxylation is 2. The van der Waals surface area contributed by atoms with Gasteiger partial charge in [0.2, 0.25) is 0 Å². The molecule has 0 bridgehead atoms. The number of rotatable bonds is 23. The second-order valence-electron chi connectivity index (χ2n) is 11.4. The van der Waals surface area contributed by atoms with Crippen LogP contribution in [0.2, 0.25) is 0 Å². The maximum absolute atomic E-state index is 11.6. The van der Waals surface area contributed by atoms with E-state index in [2.05, 4.69) is 26.0 Å². The molecule has 0 spiro atoms. The van der Waals surface area contributed by atoms with E-state index in [1.54, 1.807) is 12.1 Å². The molecule has 0 atom stereocenters. The van der Waals surface area contributed by atoms with Gasteiger partial charge in [0.05, 0.1) is 4.90 Å². The monoisotopic (exact) mass is 582 g/mol. The Bertz CT molecular complexity index is 1000. The first-order chi connectivity index (χ1) is 18.5. The molecule has 0 aliphatic rings. The van der Waals surface area contributed by atoms with Crippen molar-refractivity contribution in [3.63, 3.8) is 0 Å². The summed E-state index contributed by atoms with van der Waals surface area (Å²) >= 11 is 0. The topological polar surface area (TPSA) is 57.2 Å². The Hall–Kier alpha value is 0.246. The molecule has 0 aliphatic carbocycles. The van der Waals surface area contributed by atoms with E-state index in [0.717, 1.165) is 23.6 Å². The number of hydrogen-bond donors (Lipinski definition) is 0. The summed E-state index contributed by atoms with van der Waals surface area (Å²) in [5, 5.41) is 1.90. The molecule has 0 heterocycles. The van der Waals surface area contributed by atoms with Crippen LogP contribution in [0.1, 0.15) is 153 Å². The summed E-state index contributed by atoms with van der Waals surface area (Å²) in [6, 6.07) is 9.21. The first-order valence-corrected chi connectivity index (χ1v) is 17.4. The molecule has 0 unspecified atom stereocenters.